The van der Waals surface area contributed by atoms with Crippen molar-refractivity contribution in [3.8, 4) is 0 Å². The van der Waals surface area contributed by atoms with Gasteiger partial charge in [0.25, 0.3) is 5.69 Å². The third-order valence-electron chi connectivity index (χ3n) is 3.24. The molecule has 4 nitrogen and oxygen atoms in total. The second-order valence-electron chi connectivity index (χ2n) is 4.57. The summed E-state index contributed by atoms with van der Waals surface area (Å²) in [5.41, 5.74) is 1.35. The first-order chi connectivity index (χ1) is 10.3. The van der Waals surface area contributed by atoms with Gasteiger partial charge in [-0.05, 0) is 17.5 Å². The van der Waals surface area contributed by atoms with Crippen LogP contribution in [0.1, 0.15) is 5.56 Å². The number of hydrogen-bond acceptors (Lipinski definition) is 3. The average molecular weight is 276 g/mol. The number of nitrogens with zero attached hydrogens (tertiary/aromatic N) is 2. The molecular weight excluding hydrogens is 264 g/mol. The Morgan fingerprint density at radius 1 is 0.905 bits per heavy atom. The molecule has 0 heterocycles. The van der Waals surface area contributed by atoms with E-state index in [-0.39, 0.29) is 5.69 Å². The van der Waals surface area contributed by atoms with Crippen molar-refractivity contribution in [1.29, 1.82) is 0 Å². The summed E-state index contributed by atoms with van der Waals surface area (Å²) < 4.78 is 0. The zero-order valence-electron chi connectivity index (χ0n) is 11.1. The van der Waals surface area contributed by atoms with E-state index >= 15 is 0 Å². The maximum absolute atomic E-state index is 11.0. The van der Waals surface area contributed by atoms with Gasteiger partial charge in [0, 0.05) is 17.7 Å². The van der Waals surface area contributed by atoms with Crippen molar-refractivity contribution in [1.82, 2.24) is 0 Å². The Morgan fingerprint density at radius 2 is 1.62 bits per heavy atom. The van der Waals surface area contributed by atoms with Gasteiger partial charge in [0.15, 0.2) is 0 Å². The molecule has 3 rings (SSSR count). The third kappa shape index (κ3) is 2.65. The van der Waals surface area contributed by atoms with Crippen LogP contribution in [0.3, 0.4) is 0 Å². The summed E-state index contributed by atoms with van der Waals surface area (Å²) in [6.07, 6.45) is 1.54. The molecule has 0 saturated heterocycles. The quantitative estimate of drug-likeness (QED) is 0.402. The summed E-state index contributed by atoms with van der Waals surface area (Å²) in [6, 6.07) is 20.3. The van der Waals surface area contributed by atoms with Crippen LogP contribution in [-0.2, 0) is 0 Å². The highest BCUT2D eigenvalue weighted by Gasteiger charge is 2.10. The summed E-state index contributed by atoms with van der Waals surface area (Å²) in [7, 11) is 0. The van der Waals surface area contributed by atoms with E-state index in [0.29, 0.717) is 5.56 Å². The lowest BCUT2D eigenvalue weighted by molar-refractivity contribution is -0.385. The Hall–Kier alpha value is -3.01. The van der Waals surface area contributed by atoms with Crippen LogP contribution in [0.25, 0.3) is 10.8 Å². The fourth-order valence-electron chi connectivity index (χ4n) is 2.22. The molecule has 0 bridgehead atoms. The van der Waals surface area contributed by atoms with E-state index in [0.717, 1.165) is 16.5 Å². The summed E-state index contributed by atoms with van der Waals surface area (Å²) >= 11 is 0. The van der Waals surface area contributed by atoms with E-state index in [1.165, 1.54) is 6.07 Å². The largest absolute Gasteiger partial charge is 0.278 e. The fourth-order valence-corrected chi connectivity index (χ4v) is 2.22. The fraction of sp³-hybridized carbons (Fsp3) is 0. The monoisotopic (exact) mass is 276 g/mol. The van der Waals surface area contributed by atoms with Crippen LogP contribution in [0.2, 0.25) is 0 Å². The van der Waals surface area contributed by atoms with Crippen molar-refractivity contribution in [3.05, 3.63) is 82.4 Å². The molecule has 102 valence electrons. The number of nitro benzene ring substituents is 1. The smallest absolute Gasteiger partial charge is 0.258 e. The number of benzene rings is 3. The summed E-state index contributed by atoms with van der Waals surface area (Å²) in [4.78, 5) is 15.0. The van der Waals surface area contributed by atoms with E-state index in [1.54, 1.807) is 24.4 Å². The zero-order chi connectivity index (χ0) is 14.7. The van der Waals surface area contributed by atoms with Gasteiger partial charge in [-0.3, -0.25) is 15.1 Å². The lowest BCUT2D eigenvalue weighted by atomic mass is 10.1. The second kappa shape index (κ2) is 5.54. The topological polar surface area (TPSA) is 55.5 Å². The molecule has 0 amide bonds. The maximum atomic E-state index is 11.0. The number of nitro groups is 1. The number of para-hydroxylation sites is 1. The van der Waals surface area contributed by atoms with Crippen molar-refractivity contribution in [2.75, 3.05) is 0 Å². The SMILES string of the molecule is O=[N+]([O-])c1ccccc1C=Nc1cccc2ccccc12. The van der Waals surface area contributed by atoms with Gasteiger partial charge >= 0.3 is 0 Å². The number of hydrogen-bond donors (Lipinski definition) is 0. The van der Waals surface area contributed by atoms with Crippen LogP contribution in [-0.4, -0.2) is 11.1 Å². The van der Waals surface area contributed by atoms with Gasteiger partial charge in [0.2, 0.25) is 0 Å². The number of aliphatic imine (C=N–C) groups is 1. The van der Waals surface area contributed by atoms with Crippen molar-refractivity contribution in [3.63, 3.8) is 0 Å². The van der Waals surface area contributed by atoms with Crippen molar-refractivity contribution in [2.24, 2.45) is 4.99 Å². The Bertz CT molecular complexity index is 836. The molecule has 0 aliphatic rings. The zero-order valence-corrected chi connectivity index (χ0v) is 11.1. The Kier molecular flexibility index (Phi) is 3.43. The summed E-state index contributed by atoms with van der Waals surface area (Å²) in [6.45, 7) is 0. The van der Waals surface area contributed by atoms with Gasteiger partial charge < -0.3 is 0 Å². The second-order valence-corrected chi connectivity index (χ2v) is 4.57. The first-order valence-electron chi connectivity index (χ1n) is 6.51. The number of rotatable bonds is 3. The molecule has 0 aliphatic heterocycles. The lowest BCUT2D eigenvalue weighted by Crippen LogP contribution is -1.93. The van der Waals surface area contributed by atoms with E-state index in [1.807, 2.05) is 42.5 Å². The minimum absolute atomic E-state index is 0.0569. The molecule has 0 spiro atoms. The predicted molar refractivity (Wildman–Crippen MR) is 84.3 cm³/mol. The molecule has 0 aromatic heterocycles. The Balaban J connectivity index is 2.05. The van der Waals surface area contributed by atoms with Gasteiger partial charge in [0.05, 0.1) is 16.2 Å². The molecule has 0 saturated carbocycles. The van der Waals surface area contributed by atoms with Gasteiger partial charge in [-0.2, -0.15) is 0 Å². The van der Waals surface area contributed by atoms with Crippen molar-refractivity contribution in [2.45, 2.75) is 0 Å². The molecule has 0 aliphatic carbocycles. The van der Waals surface area contributed by atoms with Crippen LogP contribution < -0.4 is 0 Å². The lowest BCUT2D eigenvalue weighted by Gasteiger charge is -2.01. The molecule has 0 radical (unpaired) electrons. The molecule has 0 atom stereocenters. The van der Waals surface area contributed by atoms with Gasteiger partial charge in [0.1, 0.15) is 0 Å². The summed E-state index contributed by atoms with van der Waals surface area (Å²) in [5, 5.41) is 13.1. The van der Waals surface area contributed by atoms with E-state index in [9.17, 15) is 10.1 Å². The highest BCUT2D eigenvalue weighted by Crippen LogP contribution is 2.26. The summed E-state index contributed by atoms with van der Waals surface area (Å²) in [5.74, 6) is 0. The Morgan fingerprint density at radius 3 is 2.48 bits per heavy atom. The molecule has 0 N–H and O–H groups in total. The molecule has 0 unspecified atom stereocenters. The minimum Gasteiger partial charge on any atom is -0.258 e. The third-order valence-corrected chi connectivity index (χ3v) is 3.24. The Labute approximate surface area is 121 Å². The van der Waals surface area contributed by atoms with Gasteiger partial charge in [-0.1, -0.05) is 48.5 Å². The predicted octanol–water partition coefficient (Wildman–Crippen LogP) is 4.50. The van der Waals surface area contributed by atoms with Crippen molar-refractivity contribution >= 4 is 28.4 Å². The molecule has 4 heteroatoms. The van der Waals surface area contributed by atoms with Crippen LogP contribution in [0.15, 0.2) is 71.7 Å². The highest BCUT2D eigenvalue weighted by molar-refractivity contribution is 5.96. The number of fused-ring (bicyclic) bond motifs is 1. The standard InChI is InChI=1S/C17H12N2O2/c20-19(21)17-11-4-2-7-14(17)12-18-16-10-5-8-13-6-1-3-9-15(13)16/h1-12H. The van der Waals surface area contributed by atoms with Crippen LogP contribution in [0, 0.1) is 10.1 Å². The highest BCUT2D eigenvalue weighted by atomic mass is 16.6. The molecule has 0 fully saturated rings. The molecular formula is C17H12N2O2. The normalized spacial score (nSPS) is 11.0. The van der Waals surface area contributed by atoms with Gasteiger partial charge in [-0.15, -0.1) is 0 Å². The molecule has 3 aromatic carbocycles. The molecule has 21 heavy (non-hydrogen) atoms. The first-order valence-corrected chi connectivity index (χ1v) is 6.51. The minimum atomic E-state index is -0.398. The maximum Gasteiger partial charge on any atom is 0.278 e. The van der Waals surface area contributed by atoms with E-state index in [2.05, 4.69) is 4.99 Å². The average Bonchev–Trinajstić information content (AvgIpc) is 2.53. The van der Waals surface area contributed by atoms with Crippen LogP contribution >= 0.6 is 0 Å². The van der Waals surface area contributed by atoms with Crippen molar-refractivity contribution < 1.29 is 4.92 Å². The first kappa shape index (κ1) is 13.0. The van der Waals surface area contributed by atoms with E-state index in [4.69, 9.17) is 0 Å². The molecule has 3 aromatic rings. The van der Waals surface area contributed by atoms with Crippen LogP contribution in [0.5, 0.6) is 0 Å². The van der Waals surface area contributed by atoms with Crippen LogP contribution in [0.4, 0.5) is 11.4 Å². The van der Waals surface area contributed by atoms with E-state index < -0.39 is 4.92 Å². The van der Waals surface area contributed by atoms with Gasteiger partial charge in [-0.25, -0.2) is 0 Å².